The van der Waals surface area contributed by atoms with Crippen LogP contribution in [-0.4, -0.2) is 67.4 Å². The van der Waals surface area contributed by atoms with Gasteiger partial charge >= 0.3 is 30.5 Å². The van der Waals surface area contributed by atoms with Gasteiger partial charge in [-0.15, -0.1) is 0 Å². The molecule has 1 saturated heterocycles. The Hall–Kier alpha value is -4.67. The van der Waals surface area contributed by atoms with Gasteiger partial charge in [-0.1, -0.05) is 24.3 Å². The van der Waals surface area contributed by atoms with Crippen molar-refractivity contribution < 1.29 is 59.3 Å². The van der Waals surface area contributed by atoms with Crippen LogP contribution in [0.5, 0.6) is 0 Å². The molecule has 0 amide bonds. The molecule has 1 fully saturated rings. The third-order valence-electron chi connectivity index (χ3n) is 6.55. The first kappa shape index (κ1) is 35.8. The van der Waals surface area contributed by atoms with Gasteiger partial charge in [-0.2, -0.15) is 39.5 Å². The van der Waals surface area contributed by atoms with Crippen LogP contribution < -0.4 is 0 Å². The largest absolute Gasteiger partial charge is 0.490 e. The first-order valence-corrected chi connectivity index (χ1v) is 13.2. The number of hydrogen-bond donors (Lipinski definition) is 3. The fourth-order valence-electron chi connectivity index (χ4n) is 4.47. The number of alkyl halides is 9. The maximum Gasteiger partial charge on any atom is 0.490 e. The lowest BCUT2D eigenvalue weighted by atomic mass is 9.96. The van der Waals surface area contributed by atoms with Gasteiger partial charge < -0.3 is 15.2 Å². The van der Waals surface area contributed by atoms with Crippen LogP contribution in [0.2, 0.25) is 0 Å². The summed E-state index contributed by atoms with van der Waals surface area (Å²) in [6, 6.07) is 15.8. The van der Waals surface area contributed by atoms with Crippen molar-refractivity contribution in [3.8, 4) is 11.1 Å². The topological polar surface area (TPSA) is 119 Å². The minimum absolute atomic E-state index is 0.228. The van der Waals surface area contributed by atoms with Gasteiger partial charge in [-0.05, 0) is 66.4 Å². The van der Waals surface area contributed by atoms with Crippen LogP contribution in [0.15, 0.2) is 67.0 Å². The second-order valence-electron chi connectivity index (χ2n) is 9.97. The van der Waals surface area contributed by atoms with Gasteiger partial charge in [0, 0.05) is 31.4 Å². The Morgan fingerprint density at radius 1 is 0.848 bits per heavy atom. The minimum atomic E-state index is -5.08. The number of likely N-dealkylation sites (tertiary alicyclic amines) is 1. The second kappa shape index (κ2) is 14.6. The number of imidazole rings is 1. The number of aliphatic carboxylic acids is 2. The monoisotopic (exact) mass is 664 g/mol. The molecule has 0 bridgehead atoms. The van der Waals surface area contributed by atoms with Crippen LogP contribution >= 0.6 is 0 Å². The minimum Gasteiger partial charge on any atom is -0.475 e. The highest BCUT2D eigenvalue weighted by molar-refractivity contribution is 5.82. The van der Waals surface area contributed by atoms with Crippen LogP contribution in [0.1, 0.15) is 35.7 Å². The summed E-state index contributed by atoms with van der Waals surface area (Å²) in [5.41, 5.74) is 4.21. The molecule has 248 valence electrons. The Bertz CT molecular complexity index is 1600. The summed E-state index contributed by atoms with van der Waals surface area (Å²) in [4.78, 5) is 32.4. The second-order valence-corrected chi connectivity index (χ2v) is 9.97. The molecule has 46 heavy (non-hydrogen) atoms. The summed E-state index contributed by atoms with van der Waals surface area (Å²) >= 11 is 0. The predicted molar refractivity (Wildman–Crippen MR) is 145 cm³/mol. The number of carbonyl (C=O) groups is 2. The Labute approximate surface area is 254 Å². The number of fused-ring (bicyclic) bond motifs is 1. The summed E-state index contributed by atoms with van der Waals surface area (Å²) < 4.78 is 103. The molecule has 0 spiro atoms. The average Bonchev–Trinajstić information content (AvgIpc) is 3.41. The number of halogens is 9. The molecule has 2 aromatic heterocycles. The molecule has 0 saturated carbocycles. The molecular weight excluding hydrogens is 639 g/mol. The third kappa shape index (κ3) is 10.5. The third-order valence-corrected chi connectivity index (χ3v) is 6.55. The van der Waals surface area contributed by atoms with E-state index in [4.69, 9.17) is 24.8 Å². The number of piperidine rings is 1. The molecule has 2 aromatic carbocycles. The number of rotatable bonds is 4. The van der Waals surface area contributed by atoms with E-state index in [1.807, 2.05) is 18.2 Å². The van der Waals surface area contributed by atoms with Crippen molar-refractivity contribution in [2.24, 2.45) is 0 Å². The van der Waals surface area contributed by atoms with Crippen LogP contribution in [0.3, 0.4) is 0 Å². The predicted octanol–water partition coefficient (Wildman–Crippen LogP) is 7.29. The van der Waals surface area contributed by atoms with Crippen molar-refractivity contribution in [2.75, 3.05) is 13.1 Å². The number of aromatic amines is 1. The van der Waals surface area contributed by atoms with E-state index < -0.39 is 36.0 Å². The average molecular weight is 665 g/mol. The van der Waals surface area contributed by atoms with E-state index in [1.54, 1.807) is 18.5 Å². The highest BCUT2D eigenvalue weighted by atomic mass is 19.4. The quantitative estimate of drug-likeness (QED) is 0.196. The number of hydrogen-bond acceptors (Lipinski definition) is 5. The molecule has 4 aromatic rings. The molecular formula is C29H25F9N4O4. The van der Waals surface area contributed by atoms with Crippen LogP contribution in [0.25, 0.3) is 22.2 Å². The Balaban J connectivity index is 0.000000345. The maximum atomic E-state index is 13.0. The number of carboxylic acids is 2. The maximum absolute atomic E-state index is 13.0. The molecule has 8 nitrogen and oxygen atoms in total. The number of benzene rings is 2. The Morgan fingerprint density at radius 2 is 1.46 bits per heavy atom. The van der Waals surface area contributed by atoms with Gasteiger partial charge in [0.05, 0.1) is 16.6 Å². The van der Waals surface area contributed by atoms with E-state index in [9.17, 15) is 39.5 Å². The number of pyridine rings is 1. The summed E-state index contributed by atoms with van der Waals surface area (Å²) in [6.07, 6.45) is -8.93. The summed E-state index contributed by atoms with van der Waals surface area (Å²) in [5, 5.41) is 14.2. The van der Waals surface area contributed by atoms with Gasteiger partial charge in [0.2, 0.25) is 0 Å². The van der Waals surface area contributed by atoms with Crippen LogP contribution in [0.4, 0.5) is 39.5 Å². The van der Waals surface area contributed by atoms with E-state index in [0.717, 1.165) is 60.0 Å². The normalized spacial score (nSPS) is 15.7. The fraction of sp³-hybridized carbons (Fsp3) is 0.310. The van der Waals surface area contributed by atoms with Crippen LogP contribution in [0, 0.1) is 0 Å². The van der Waals surface area contributed by atoms with E-state index in [1.165, 1.54) is 12.1 Å². The number of aromatic nitrogens is 3. The molecule has 3 N–H and O–H groups in total. The van der Waals surface area contributed by atoms with Gasteiger partial charge in [0.25, 0.3) is 0 Å². The Kier molecular flexibility index (Phi) is 11.4. The SMILES string of the molecule is FC(F)(F)c1cccc(CN2CCCC(c3nc4ccc(-c5ccncc5)cc4[nH]3)C2)c1.O=C(O)C(F)(F)F.O=C(O)C(F)(F)F. The van der Waals surface area contributed by atoms with Gasteiger partial charge in [0.15, 0.2) is 0 Å². The van der Waals surface area contributed by atoms with E-state index in [2.05, 4.69) is 27.0 Å². The van der Waals surface area contributed by atoms with Crippen molar-refractivity contribution in [3.63, 3.8) is 0 Å². The van der Waals surface area contributed by atoms with E-state index in [-0.39, 0.29) is 5.92 Å². The molecule has 1 atom stereocenters. The first-order valence-electron chi connectivity index (χ1n) is 13.2. The smallest absolute Gasteiger partial charge is 0.475 e. The van der Waals surface area contributed by atoms with E-state index in [0.29, 0.717) is 12.1 Å². The molecule has 1 aliphatic rings. The zero-order chi connectivity index (χ0) is 34.3. The van der Waals surface area contributed by atoms with Crippen LogP contribution in [-0.2, 0) is 22.3 Å². The zero-order valence-electron chi connectivity index (χ0n) is 23.4. The standard InChI is InChI=1S/C25H23F3N4.2C2HF3O2/c26-25(27,28)21-5-1-3-17(13-21)15-32-12-2-4-20(16-32)24-30-22-7-6-19(14-23(22)31-24)18-8-10-29-11-9-18;2*3-2(4,5)1(6)7/h1,3,5-11,13-14,20H,2,4,12,15-16H2,(H,30,31);2*(H,6,7). The van der Waals surface area contributed by atoms with Gasteiger partial charge in [-0.3, -0.25) is 9.88 Å². The first-order chi connectivity index (χ1) is 21.3. The number of nitrogens with zero attached hydrogens (tertiary/aromatic N) is 3. The summed E-state index contributed by atoms with van der Waals surface area (Å²) in [5.74, 6) is -4.34. The zero-order valence-corrected chi connectivity index (χ0v) is 23.4. The van der Waals surface area contributed by atoms with Gasteiger partial charge in [0.1, 0.15) is 5.82 Å². The van der Waals surface area contributed by atoms with Crippen molar-refractivity contribution in [3.05, 3.63) is 83.9 Å². The van der Waals surface area contributed by atoms with Crippen molar-refractivity contribution in [1.82, 2.24) is 19.9 Å². The fourth-order valence-corrected chi connectivity index (χ4v) is 4.47. The van der Waals surface area contributed by atoms with Crippen molar-refractivity contribution in [1.29, 1.82) is 0 Å². The number of H-pyrrole nitrogens is 1. The molecule has 1 unspecified atom stereocenters. The molecule has 1 aliphatic heterocycles. The Morgan fingerprint density at radius 3 is 2.02 bits per heavy atom. The number of nitrogens with one attached hydrogen (secondary N) is 1. The lowest BCUT2D eigenvalue weighted by Gasteiger charge is -2.32. The van der Waals surface area contributed by atoms with Gasteiger partial charge in [-0.25, -0.2) is 14.6 Å². The van der Waals surface area contributed by atoms with E-state index >= 15 is 0 Å². The lowest BCUT2D eigenvalue weighted by Crippen LogP contribution is -2.34. The molecule has 0 aliphatic carbocycles. The highest BCUT2D eigenvalue weighted by Gasteiger charge is 2.39. The molecule has 5 rings (SSSR count). The molecule has 0 radical (unpaired) electrons. The molecule has 3 heterocycles. The molecule has 17 heteroatoms. The van der Waals surface area contributed by atoms with Crippen molar-refractivity contribution in [2.45, 2.75) is 43.8 Å². The summed E-state index contributed by atoms with van der Waals surface area (Å²) in [7, 11) is 0. The highest BCUT2D eigenvalue weighted by Crippen LogP contribution is 2.32. The number of carboxylic acid groups (broad SMARTS) is 2. The lowest BCUT2D eigenvalue weighted by molar-refractivity contribution is -0.193. The van der Waals surface area contributed by atoms with Crippen molar-refractivity contribution >= 4 is 23.0 Å². The summed E-state index contributed by atoms with van der Waals surface area (Å²) in [6.45, 7) is 2.15.